The Morgan fingerprint density at radius 1 is 1.38 bits per heavy atom. The van der Waals surface area contributed by atoms with Gasteiger partial charge in [-0.25, -0.2) is 9.78 Å². The number of aromatic nitrogens is 1. The number of anilines is 1. The minimum Gasteiger partial charge on any atom is -0.478 e. The molecule has 2 N–H and O–H groups in total. The number of hydrogen-bond acceptors (Lipinski definition) is 4. The van der Waals surface area contributed by atoms with E-state index in [0.717, 1.165) is 5.69 Å². The van der Waals surface area contributed by atoms with Crippen LogP contribution < -0.4 is 5.32 Å². The third-order valence-electron chi connectivity index (χ3n) is 3.25. The molecule has 2 rings (SSSR count). The highest BCUT2D eigenvalue weighted by molar-refractivity contribution is 7.07. The molecule has 1 atom stereocenters. The number of aromatic carboxylic acids is 1. The third-order valence-corrected chi connectivity index (χ3v) is 3.95. The van der Waals surface area contributed by atoms with E-state index in [4.69, 9.17) is 0 Å². The van der Waals surface area contributed by atoms with Crippen LogP contribution in [0.2, 0.25) is 0 Å². The predicted molar refractivity (Wildman–Crippen MR) is 86.3 cm³/mol. The van der Waals surface area contributed by atoms with E-state index in [-0.39, 0.29) is 17.0 Å². The molecule has 0 radical (unpaired) electrons. The van der Waals surface area contributed by atoms with Crippen molar-refractivity contribution in [2.75, 3.05) is 5.32 Å². The molecule has 0 aliphatic rings. The summed E-state index contributed by atoms with van der Waals surface area (Å²) in [6, 6.07) is 5.36. The molecule has 0 bridgehead atoms. The van der Waals surface area contributed by atoms with Gasteiger partial charge in [-0.3, -0.25) is 0 Å². The smallest absolute Gasteiger partial charge is 0.335 e. The van der Waals surface area contributed by atoms with Crippen molar-refractivity contribution in [1.82, 2.24) is 4.98 Å². The first-order valence-corrected chi connectivity index (χ1v) is 7.76. The maximum Gasteiger partial charge on any atom is 0.335 e. The zero-order valence-corrected chi connectivity index (χ0v) is 13.5. The van der Waals surface area contributed by atoms with Gasteiger partial charge in [0.25, 0.3) is 0 Å². The van der Waals surface area contributed by atoms with Gasteiger partial charge >= 0.3 is 5.97 Å². The second-order valence-electron chi connectivity index (χ2n) is 6.10. The Morgan fingerprint density at radius 3 is 2.62 bits per heavy atom. The van der Waals surface area contributed by atoms with Crippen LogP contribution in [0.5, 0.6) is 0 Å². The molecule has 0 aliphatic carbocycles. The van der Waals surface area contributed by atoms with Crippen molar-refractivity contribution in [3.05, 3.63) is 45.8 Å². The first kappa shape index (κ1) is 15.5. The fourth-order valence-electron chi connectivity index (χ4n) is 1.94. The molecule has 0 spiro atoms. The number of nitrogens with one attached hydrogen (secondary N) is 1. The molecule has 112 valence electrons. The zero-order valence-electron chi connectivity index (χ0n) is 12.7. The first-order valence-electron chi connectivity index (χ1n) is 6.82. The Bertz CT molecular complexity index is 630. The second-order valence-corrected chi connectivity index (χ2v) is 6.88. The molecule has 0 fully saturated rings. The molecule has 2 aromatic rings. The molecule has 0 amide bonds. The maximum absolute atomic E-state index is 11.3. The highest BCUT2D eigenvalue weighted by Gasteiger charge is 2.19. The summed E-state index contributed by atoms with van der Waals surface area (Å²) in [6.45, 7) is 8.10. The second kappa shape index (κ2) is 5.85. The molecule has 2 aromatic heterocycles. The lowest BCUT2D eigenvalue weighted by Gasteiger charge is -2.21. The summed E-state index contributed by atoms with van der Waals surface area (Å²) in [6.07, 6.45) is 0. The van der Waals surface area contributed by atoms with E-state index in [9.17, 15) is 9.90 Å². The van der Waals surface area contributed by atoms with Gasteiger partial charge in [0.1, 0.15) is 5.82 Å². The molecule has 21 heavy (non-hydrogen) atoms. The number of rotatable bonds is 4. The quantitative estimate of drug-likeness (QED) is 0.883. The number of nitrogens with zero attached hydrogens (tertiary/aromatic N) is 1. The van der Waals surface area contributed by atoms with Gasteiger partial charge in [0.15, 0.2) is 0 Å². The van der Waals surface area contributed by atoms with Crippen molar-refractivity contribution < 1.29 is 9.90 Å². The molecule has 5 heteroatoms. The van der Waals surface area contributed by atoms with Gasteiger partial charge < -0.3 is 10.4 Å². The van der Waals surface area contributed by atoms with Gasteiger partial charge in [-0.15, -0.1) is 0 Å². The van der Waals surface area contributed by atoms with E-state index in [1.807, 2.05) is 39.1 Å². The van der Waals surface area contributed by atoms with Crippen LogP contribution in [0.4, 0.5) is 5.82 Å². The van der Waals surface area contributed by atoms with Crippen molar-refractivity contribution in [3.63, 3.8) is 0 Å². The SMILES string of the molecule is CC(Nc1cc(C(=O)O)cc(C(C)(C)C)n1)c1ccsc1. The van der Waals surface area contributed by atoms with Crippen LogP contribution in [0.25, 0.3) is 0 Å². The van der Waals surface area contributed by atoms with Gasteiger partial charge in [-0.2, -0.15) is 11.3 Å². The lowest BCUT2D eigenvalue weighted by Crippen LogP contribution is -2.17. The van der Waals surface area contributed by atoms with Crippen LogP contribution in [-0.2, 0) is 5.41 Å². The summed E-state index contributed by atoms with van der Waals surface area (Å²) in [5.74, 6) is -0.340. The largest absolute Gasteiger partial charge is 0.478 e. The summed E-state index contributed by atoms with van der Waals surface area (Å²) in [4.78, 5) is 15.9. The number of hydrogen-bond donors (Lipinski definition) is 2. The van der Waals surface area contributed by atoms with Gasteiger partial charge in [-0.05, 0) is 41.4 Å². The van der Waals surface area contributed by atoms with Crippen LogP contribution in [-0.4, -0.2) is 16.1 Å². The van der Waals surface area contributed by atoms with E-state index >= 15 is 0 Å². The van der Waals surface area contributed by atoms with Crippen molar-refractivity contribution in [2.24, 2.45) is 0 Å². The van der Waals surface area contributed by atoms with Crippen molar-refractivity contribution in [1.29, 1.82) is 0 Å². The van der Waals surface area contributed by atoms with E-state index in [2.05, 4.69) is 15.7 Å². The van der Waals surface area contributed by atoms with Gasteiger partial charge in [0.2, 0.25) is 0 Å². The molecular formula is C16H20N2O2S. The molecule has 2 heterocycles. The van der Waals surface area contributed by atoms with Crippen LogP contribution in [0.3, 0.4) is 0 Å². The number of pyridine rings is 1. The fraction of sp³-hybridized carbons (Fsp3) is 0.375. The Hall–Kier alpha value is -1.88. The molecule has 0 saturated heterocycles. The summed E-state index contributed by atoms with van der Waals surface area (Å²) in [5.41, 5.74) is 1.99. The number of carbonyl (C=O) groups is 1. The highest BCUT2D eigenvalue weighted by Crippen LogP contribution is 2.26. The Balaban J connectivity index is 2.34. The van der Waals surface area contributed by atoms with Crippen LogP contribution in [0.1, 0.15) is 55.4 Å². The van der Waals surface area contributed by atoms with Gasteiger partial charge in [-0.1, -0.05) is 20.8 Å². The lowest BCUT2D eigenvalue weighted by molar-refractivity contribution is 0.0696. The minimum absolute atomic E-state index is 0.0839. The van der Waals surface area contributed by atoms with E-state index < -0.39 is 5.97 Å². The number of carboxylic acids is 1. The first-order chi connectivity index (χ1) is 9.77. The molecule has 1 unspecified atom stereocenters. The zero-order chi connectivity index (χ0) is 15.6. The molecule has 0 aliphatic heterocycles. The monoisotopic (exact) mass is 304 g/mol. The van der Waals surface area contributed by atoms with Crippen molar-refractivity contribution in [3.8, 4) is 0 Å². The summed E-state index contributed by atoms with van der Waals surface area (Å²) < 4.78 is 0. The third kappa shape index (κ3) is 3.82. The summed E-state index contributed by atoms with van der Waals surface area (Å²) in [5, 5.41) is 16.6. The molecule has 4 nitrogen and oxygen atoms in total. The van der Waals surface area contributed by atoms with Crippen LogP contribution >= 0.6 is 11.3 Å². The van der Waals surface area contributed by atoms with Crippen molar-refractivity contribution >= 4 is 23.1 Å². The number of carboxylic acid groups (broad SMARTS) is 1. The van der Waals surface area contributed by atoms with Crippen molar-refractivity contribution in [2.45, 2.75) is 39.2 Å². The fourth-order valence-corrected chi connectivity index (χ4v) is 2.69. The average Bonchev–Trinajstić information content (AvgIpc) is 2.91. The van der Waals surface area contributed by atoms with Crippen LogP contribution in [0, 0.1) is 0 Å². The summed E-state index contributed by atoms with van der Waals surface area (Å²) >= 11 is 1.64. The van der Waals surface area contributed by atoms with E-state index in [1.54, 1.807) is 23.5 Å². The van der Waals surface area contributed by atoms with E-state index in [0.29, 0.717) is 5.82 Å². The number of thiophene rings is 1. The standard InChI is InChI=1S/C16H20N2O2S/c1-10(11-5-6-21-9-11)17-14-8-12(15(19)20)7-13(18-14)16(2,3)4/h5-10H,1-4H3,(H,17,18)(H,19,20). The molecule has 0 aromatic carbocycles. The normalized spacial score (nSPS) is 13.0. The molecular weight excluding hydrogens is 284 g/mol. The maximum atomic E-state index is 11.3. The Labute approximate surface area is 128 Å². The predicted octanol–water partition coefficient (Wildman–Crippen LogP) is 4.31. The topological polar surface area (TPSA) is 62.2 Å². The Kier molecular flexibility index (Phi) is 4.32. The lowest BCUT2D eigenvalue weighted by atomic mass is 9.90. The van der Waals surface area contributed by atoms with Crippen LogP contribution in [0.15, 0.2) is 29.0 Å². The average molecular weight is 304 g/mol. The van der Waals surface area contributed by atoms with Gasteiger partial charge in [0.05, 0.1) is 11.6 Å². The minimum atomic E-state index is -0.936. The molecule has 0 saturated carbocycles. The van der Waals surface area contributed by atoms with Gasteiger partial charge in [0, 0.05) is 11.1 Å². The highest BCUT2D eigenvalue weighted by atomic mass is 32.1. The van der Waals surface area contributed by atoms with E-state index in [1.165, 1.54) is 5.56 Å². The Morgan fingerprint density at radius 2 is 2.10 bits per heavy atom. The summed E-state index contributed by atoms with van der Waals surface area (Å²) in [7, 11) is 0.